The normalized spacial score (nSPS) is 14.2. The van der Waals surface area contributed by atoms with Gasteiger partial charge in [-0.3, -0.25) is 14.4 Å². The van der Waals surface area contributed by atoms with E-state index in [0.29, 0.717) is 11.3 Å². The van der Waals surface area contributed by atoms with Crippen LogP contribution in [0.25, 0.3) is 6.08 Å². The highest BCUT2D eigenvalue weighted by atomic mass is 16.5. The molecule has 0 spiro atoms. The number of methoxy groups -OCH3 is 1. The van der Waals surface area contributed by atoms with Crippen molar-refractivity contribution in [3.63, 3.8) is 0 Å². The number of Topliss-reactive ketones (excluding diaryl/α,β-unsaturated/α-hetero) is 1. The van der Waals surface area contributed by atoms with Gasteiger partial charge in [-0.1, -0.05) is 12.1 Å². The summed E-state index contributed by atoms with van der Waals surface area (Å²) in [5.74, 6) is -1.64. The average Bonchev–Trinajstić information content (AvgIpc) is 3.09. The molecule has 0 aliphatic carbocycles. The summed E-state index contributed by atoms with van der Waals surface area (Å²) in [4.78, 5) is 46.7. The zero-order chi connectivity index (χ0) is 24.0. The lowest BCUT2D eigenvalue weighted by molar-refractivity contribution is -0.142. The Hall–Kier alpha value is -4.34. The molecule has 0 aromatic heterocycles. The fraction of sp³-hybridized carbons (Fsp3) is 0.217. The Kier molecular flexibility index (Phi) is 7.29. The molecule has 0 saturated carbocycles. The van der Waals surface area contributed by atoms with Crippen molar-refractivity contribution >= 4 is 29.6 Å². The summed E-state index contributed by atoms with van der Waals surface area (Å²) in [6.45, 7) is -0.473. The van der Waals surface area contributed by atoms with E-state index < -0.39 is 30.4 Å². The molecular weight excluding hydrogens is 432 g/mol. The van der Waals surface area contributed by atoms with Gasteiger partial charge in [0.05, 0.1) is 12.7 Å². The van der Waals surface area contributed by atoms with Gasteiger partial charge in [-0.15, -0.1) is 0 Å². The fourth-order valence-electron chi connectivity index (χ4n) is 3.07. The molecule has 172 valence electrons. The van der Waals surface area contributed by atoms with Crippen LogP contribution < -0.4 is 25.3 Å². The zero-order valence-corrected chi connectivity index (χ0v) is 17.7. The molecule has 2 amide bonds. The number of carboxylic acid groups (broad SMARTS) is 1. The summed E-state index contributed by atoms with van der Waals surface area (Å²) in [6.07, 6.45) is 1.28. The van der Waals surface area contributed by atoms with Gasteiger partial charge in [0.2, 0.25) is 11.7 Å². The summed E-state index contributed by atoms with van der Waals surface area (Å²) in [5.41, 5.74) is 6.08. The zero-order valence-electron chi connectivity index (χ0n) is 17.7. The second kappa shape index (κ2) is 10.3. The van der Waals surface area contributed by atoms with Gasteiger partial charge in [0, 0.05) is 12.5 Å². The number of rotatable bonds is 10. The van der Waals surface area contributed by atoms with Crippen LogP contribution in [0.1, 0.15) is 28.8 Å². The minimum absolute atomic E-state index is 0.131. The number of benzene rings is 2. The van der Waals surface area contributed by atoms with Crippen LogP contribution in [0.2, 0.25) is 0 Å². The van der Waals surface area contributed by atoms with E-state index in [4.69, 9.17) is 25.1 Å². The van der Waals surface area contributed by atoms with E-state index in [1.165, 1.54) is 18.2 Å². The predicted molar refractivity (Wildman–Crippen MR) is 116 cm³/mol. The lowest BCUT2D eigenvalue weighted by Gasteiger charge is -2.14. The van der Waals surface area contributed by atoms with Gasteiger partial charge in [-0.25, -0.2) is 4.79 Å². The highest BCUT2D eigenvalue weighted by molar-refractivity contribution is 6.14. The number of aliphatic carboxylic acids is 1. The van der Waals surface area contributed by atoms with Gasteiger partial charge in [-0.2, -0.15) is 0 Å². The number of nitrogens with one attached hydrogen (secondary N) is 1. The fourth-order valence-corrected chi connectivity index (χ4v) is 3.07. The molecule has 1 atom stereocenters. The number of hydrogen-bond donors (Lipinski definition) is 3. The molecule has 10 heteroatoms. The molecule has 10 nitrogen and oxygen atoms in total. The Balaban J connectivity index is 1.62. The van der Waals surface area contributed by atoms with E-state index in [2.05, 4.69) is 5.32 Å². The highest BCUT2D eigenvalue weighted by Gasteiger charge is 2.28. The third kappa shape index (κ3) is 6.10. The number of hydrogen-bond acceptors (Lipinski definition) is 7. The van der Waals surface area contributed by atoms with Crippen LogP contribution in [0.4, 0.5) is 0 Å². The van der Waals surface area contributed by atoms with Crippen LogP contribution in [0.15, 0.2) is 48.2 Å². The van der Waals surface area contributed by atoms with Crippen LogP contribution >= 0.6 is 0 Å². The van der Waals surface area contributed by atoms with Crippen LogP contribution in [0, 0.1) is 0 Å². The van der Waals surface area contributed by atoms with Gasteiger partial charge in [0.1, 0.15) is 23.3 Å². The van der Waals surface area contributed by atoms with Crippen LogP contribution in [-0.4, -0.2) is 48.4 Å². The summed E-state index contributed by atoms with van der Waals surface area (Å²) in [6, 6.07) is 10.4. The topological polar surface area (TPSA) is 154 Å². The number of primary amides is 1. The molecule has 0 bridgehead atoms. The monoisotopic (exact) mass is 454 g/mol. The lowest BCUT2D eigenvalue weighted by atomic mass is 10.1. The third-order valence-corrected chi connectivity index (χ3v) is 4.72. The maximum atomic E-state index is 12.6. The Bertz CT molecular complexity index is 1130. The lowest BCUT2D eigenvalue weighted by Crippen LogP contribution is -2.43. The van der Waals surface area contributed by atoms with Crippen molar-refractivity contribution < 1.29 is 38.5 Å². The first-order chi connectivity index (χ1) is 15.8. The number of fused-ring (bicyclic) bond motifs is 1. The number of nitrogens with two attached hydrogens (primary N) is 1. The first kappa shape index (κ1) is 23.3. The summed E-state index contributed by atoms with van der Waals surface area (Å²) < 4.78 is 16.2. The number of ether oxygens (including phenoxy) is 3. The molecule has 1 heterocycles. The minimum atomic E-state index is -1.29. The molecular formula is C23H22N2O8. The number of carbonyl (C=O) groups is 4. The number of ketones is 1. The van der Waals surface area contributed by atoms with Gasteiger partial charge in [0.25, 0.3) is 5.91 Å². The van der Waals surface area contributed by atoms with Crippen molar-refractivity contribution in [3.05, 3.63) is 59.4 Å². The highest BCUT2D eigenvalue weighted by Crippen LogP contribution is 2.35. The molecule has 1 aliphatic heterocycles. The molecule has 2 aromatic carbocycles. The van der Waals surface area contributed by atoms with E-state index in [1.54, 1.807) is 37.5 Å². The number of allylic oxidation sites excluding steroid dienone is 1. The van der Waals surface area contributed by atoms with Crippen molar-refractivity contribution in [2.75, 3.05) is 13.7 Å². The Morgan fingerprint density at radius 1 is 1.18 bits per heavy atom. The van der Waals surface area contributed by atoms with E-state index in [0.717, 1.165) is 5.56 Å². The molecule has 2 aromatic rings. The molecule has 4 N–H and O–H groups in total. The third-order valence-electron chi connectivity index (χ3n) is 4.72. The van der Waals surface area contributed by atoms with Crippen molar-refractivity contribution in [3.8, 4) is 17.2 Å². The molecule has 0 radical (unpaired) electrons. The van der Waals surface area contributed by atoms with Crippen molar-refractivity contribution in [2.45, 2.75) is 18.9 Å². The predicted octanol–water partition coefficient (Wildman–Crippen LogP) is 1.53. The van der Waals surface area contributed by atoms with E-state index in [-0.39, 0.29) is 35.9 Å². The standard InChI is InChI=1S/C23H22N2O8/c1-31-14-4-2-3-13(9-14)10-19-22(28)16-6-5-15(11-18(16)33-19)32-12-21(27)25-17(23(29)30)7-8-20(24)26/h2-6,9-11,17H,7-8,12H2,1H3,(H2,24,26)(H,25,27)(H,29,30)/b19-10-/t17-/m0/s1. The minimum Gasteiger partial charge on any atom is -0.497 e. The van der Waals surface area contributed by atoms with Gasteiger partial charge >= 0.3 is 5.97 Å². The molecule has 0 unspecified atom stereocenters. The summed E-state index contributed by atoms with van der Waals surface area (Å²) in [7, 11) is 1.55. The van der Waals surface area contributed by atoms with Crippen LogP contribution in [0.3, 0.4) is 0 Å². The van der Waals surface area contributed by atoms with E-state index >= 15 is 0 Å². The van der Waals surface area contributed by atoms with Crippen molar-refractivity contribution in [1.82, 2.24) is 5.32 Å². The van der Waals surface area contributed by atoms with Crippen molar-refractivity contribution in [2.24, 2.45) is 5.73 Å². The smallest absolute Gasteiger partial charge is 0.326 e. The van der Waals surface area contributed by atoms with Gasteiger partial charge in [-0.05, 0) is 42.3 Å². The summed E-state index contributed by atoms with van der Waals surface area (Å²) in [5, 5.41) is 11.4. The molecule has 3 rings (SSSR count). The van der Waals surface area contributed by atoms with Crippen LogP contribution in [-0.2, 0) is 14.4 Å². The molecule has 0 fully saturated rings. The van der Waals surface area contributed by atoms with Gasteiger partial charge in [0.15, 0.2) is 12.4 Å². The van der Waals surface area contributed by atoms with Gasteiger partial charge < -0.3 is 30.4 Å². The van der Waals surface area contributed by atoms with Crippen molar-refractivity contribution in [1.29, 1.82) is 0 Å². The number of amides is 2. The van der Waals surface area contributed by atoms with E-state index in [9.17, 15) is 19.2 Å². The number of carboxylic acids is 1. The second-order valence-electron chi connectivity index (χ2n) is 7.13. The quantitative estimate of drug-likeness (QED) is 0.457. The number of carbonyl (C=O) groups excluding carboxylic acids is 3. The van der Waals surface area contributed by atoms with E-state index in [1.807, 2.05) is 0 Å². The van der Waals surface area contributed by atoms with Crippen LogP contribution in [0.5, 0.6) is 17.2 Å². The maximum Gasteiger partial charge on any atom is 0.326 e. The largest absolute Gasteiger partial charge is 0.497 e. The first-order valence-corrected chi connectivity index (χ1v) is 9.92. The second-order valence-corrected chi connectivity index (χ2v) is 7.13. The average molecular weight is 454 g/mol. The molecule has 0 saturated heterocycles. The Morgan fingerprint density at radius 2 is 1.97 bits per heavy atom. The molecule has 1 aliphatic rings. The maximum absolute atomic E-state index is 12.6. The Morgan fingerprint density at radius 3 is 2.67 bits per heavy atom. The SMILES string of the molecule is COc1cccc(/C=C2\Oc3cc(OCC(=O)N[C@@H](CCC(N)=O)C(=O)O)ccc3C2=O)c1. The first-order valence-electron chi connectivity index (χ1n) is 9.92. The Labute approximate surface area is 188 Å². The molecule has 33 heavy (non-hydrogen) atoms. The summed E-state index contributed by atoms with van der Waals surface area (Å²) >= 11 is 0.